The van der Waals surface area contributed by atoms with Gasteiger partial charge in [-0.15, -0.1) is 0 Å². The molecule has 7 heteroatoms. The SMILES string of the molecule is CCc1nc2c(OC)cccn2c1C(=O)NC(C(=O)O)C(C)CC. The molecule has 2 rings (SSSR count). The van der Waals surface area contributed by atoms with Crippen LogP contribution < -0.4 is 10.1 Å². The molecule has 2 atom stereocenters. The van der Waals surface area contributed by atoms with Crippen molar-refractivity contribution in [2.75, 3.05) is 7.11 Å². The Kier molecular flexibility index (Phi) is 5.43. The van der Waals surface area contributed by atoms with E-state index < -0.39 is 17.9 Å². The molecule has 0 aliphatic carbocycles. The summed E-state index contributed by atoms with van der Waals surface area (Å²) >= 11 is 0. The molecule has 7 nitrogen and oxygen atoms in total. The normalized spacial score (nSPS) is 13.5. The second-order valence-electron chi connectivity index (χ2n) is 5.71. The standard InChI is InChI=1S/C17H23N3O4/c1-5-10(3)13(17(22)23)19-16(21)14-11(6-2)18-15-12(24-4)8-7-9-20(14)15/h7-10,13H,5-6H2,1-4H3,(H,19,21)(H,22,23). The number of carboxylic acid groups (broad SMARTS) is 1. The third-order valence-electron chi connectivity index (χ3n) is 4.22. The van der Waals surface area contributed by atoms with Crippen molar-refractivity contribution in [2.24, 2.45) is 5.92 Å². The van der Waals surface area contributed by atoms with Gasteiger partial charge >= 0.3 is 5.97 Å². The Morgan fingerprint density at radius 1 is 1.42 bits per heavy atom. The number of ether oxygens (including phenoxy) is 1. The zero-order valence-corrected chi connectivity index (χ0v) is 14.4. The lowest BCUT2D eigenvalue weighted by Gasteiger charge is -2.20. The number of hydrogen-bond donors (Lipinski definition) is 2. The summed E-state index contributed by atoms with van der Waals surface area (Å²) in [5.74, 6) is -1.10. The van der Waals surface area contributed by atoms with E-state index in [9.17, 15) is 14.7 Å². The second-order valence-corrected chi connectivity index (χ2v) is 5.71. The number of carbonyl (C=O) groups excluding carboxylic acids is 1. The number of hydrogen-bond acceptors (Lipinski definition) is 4. The molecular formula is C17H23N3O4. The lowest BCUT2D eigenvalue weighted by atomic mass is 9.99. The number of aromatic nitrogens is 2. The fourth-order valence-corrected chi connectivity index (χ4v) is 2.63. The Morgan fingerprint density at radius 3 is 2.67 bits per heavy atom. The van der Waals surface area contributed by atoms with Crippen LogP contribution in [0.5, 0.6) is 5.75 Å². The number of fused-ring (bicyclic) bond motifs is 1. The number of pyridine rings is 1. The molecule has 2 heterocycles. The summed E-state index contributed by atoms with van der Waals surface area (Å²) in [5.41, 5.74) is 1.49. The van der Waals surface area contributed by atoms with E-state index in [0.717, 1.165) is 0 Å². The molecule has 0 spiro atoms. The summed E-state index contributed by atoms with van der Waals surface area (Å²) in [5, 5.41) is 12.0. The van der Waals surface area contributed by atoms with Gasteiger partial charge in [0.25, 0.3) is 5.91 Å². The fourth-order valence-electron chi connectivity index (χ4n) is 2.63. The van der Waals surface area contributed by atoms with Gasteiger partial charge in [-0.05, 0) is 24.5 Å². The van der Waals surface area contributed by atoms with Crippen molar-refractivity contribution < 1.29 is 19.4 Å². The minimum absolute atomic E-state index is 0.176. The predicted octanol–water partition coefficient (Wildman–Crippen LogP) is 2.13. The summed E-state index contributed by atoms with van der Waals surface area (Å²) in [4.78, 5) is 28.7. The first-order valence-corrected chi connectivity index (χ1v) is 8.02. The number of rotatable bonds is 7. The minimum atomic E-state index is -1.04. The molecular weight excluding hydrogens is 310 g/mol. The summed E-state index contributed by atoms with van der Waals surface area (Å²) in [6.45, 7) is 5.59. The quantitative estimate of drug-likeness (QED) is 0.810. The molecule has 0 saturated carbocycles. The van der Waals surface area contributed by atoms with Crippen LogP contribution in [0.1, 0.15) is 43.4 Å². The van der Waals surface area contributed by atoms with E-state index in [1.165, 1.54) is 0 Å². The average Bonchev–Trinajstić information content (AvgIpc) is 2.97. The van der Waals surface area contributed by atoms with E-state index in [-0.39, 0.29) is 5.92 Å². The molecule has 0 bridgehead atoms. The highest BCUT2D eigenvalue weighted by molar-refractivity contribution is 5.97. The number of nitrogens with zero attached hydrogens (tertiary/aromatic N) is 2. The molecule has 130 valence electrons. The highest BCUT2D eigenvalue weighted by Gasteiger charge is 2.28. The van der Waals surface area contributed by atoms with Crippen LogP contribution in [0.3, 0.4) is 0 Å². The maximum atomic E-state index is 12.8. The van der Waals surface area contributed by atoms with Crippen LogP contribution in [0.4, 0.5) is 0 Å². The number of amides is 1. The van der Waals surface area contributed by atoms with Crippen LogP contribution in [0.15, 0.2) is 18.3 Å². The van der Waals surface area contributed by atoms with Crippen molar-refractivity contribution >= 4 is 17.5 Å². The third-order valence-corrected chi connectivity index (χ3v) is 4.22. The third kappa shape index (κ3) is 3.20. The first-order chi connectivity index (χ1) is 11.4. The molecule has 0 fully saturated rings. The molecule has 0 aliphatic rings. The zero-order chi connectivity index (χ0) is 17.9. The summed E-state index contributed by atoms with van der Waals surface area (Å²) in [7, 11) is 1.54. The van der Waals surface area contributed by atoms with E-state index >= 15 is 0 Å². The van der Waals surface area contributed by atoms with Crippen molar-refractivity contribution in [1.82, 2.24) is 14.7 Å². The van der Waals surface area contributed by atoms with Crippen molar-refractivity contribution in [3.05, 3.63) is 29.7 Å². The largest absolute Gasteiger partial charge is 0.493 e. The van der Waals surface area contributed by atoms with Crippen LogP contribution in [0.2, 0.25) is 0 Å². The van der Waals surface area contributed by atoms with E-state index in [0.29, 0.717) is 35.6 Å². The summed E-state index contributed by atoms with van der Waals surface area (Å²) in [6, 6.07) is 2.58. The highest BCUT2D eigenvalue weighted by atomic mass is 16.5. The number of methoxy groups -OCH3 is 1. The Balaban J connectivity index is 2.47. The van der Waals surface area contributed by atoms with Gasteiger partial charge in [0.2, 0.25) is 0 Å². The van der Waals surface area contributed by atoms with Crippen LogP contribution in [0, 0.1) is 5.92 Å². The number of aryl methyl sites for hydroxylation is 1. The Morgan fingerprint density at radius 2 is 2.12 bits per heavy atom. The molecule has 0 aliphatic heterocycles. The topological polar surface area (TPSA) is 92.9 Å². The van der Waals surface area contributed by atoms with Gasteiger partial charge in [-0.3, -0.25) is 9.20 Å². The lowest BCUT2D eigenvalue weighted by molar-refractivity contribution is -0.140. The molecule has 0 radical (unpaired) electrons. The molecule has 1 amide bonds. The van der Waals surface area contributed by atoms with Gasteiger partial charge in [0.15, 0.2) is 11.4 Å². The number of nitrogens with one attached hydrogen (secondary N) is 1. The summed E-state index contributed by atoms with van der Waals surface area (Å²) < 4.78 is 6.93. The van der Waals surface area contributed by atoms with Gasteiger partial charge in [-0.1, -0.05) is 27.2 Å². The maximum absolute atomic E-state index is 12.8. The van der Waals surface area contributed by atoms with Gasteiger partial charge in [-0.2, -0.15) is 0 Å². The van der Waals surface area contributed by atoms with Crippen LogP contribution in [-0.4, -0.2) is 39.5 Å². The van der Waals surface area contributed by atoms with E-state index in [4.69, 9.17) is 4.74 Å². The number of carbonyl (C=O) groups is 2. The Hall–Kier alpha value is -2.57. The summed E-state index contributed by atoms with van der Waals surface area (Å²) in [6.07, 6.45) is 2.92. The molecule has 2 aromatic rings. The van der Waals surface area contributed by atoms with E-state index in [2.05, 4.69) is 10.3 Å². The van der Waals surface area contributed by atoms with Gasteiger partial charge in [-0.25, -0.2) is 9.78 Å². The molecule has 2 N–H and O–H groups in total. The fraction of sp³-hybridized carbons (Fsp3) is 0.471. The molecule has 0 saturated heterocycles. The first-order valence-electron chi connectivity index (χ1n) is 8.02. The van der Waals surface area contributed by atoms with Crippen LogP contribution in [0.25, 0.3) is 5.65 Å². The molecule has 2 aromatic heterocycles. The Labute approximate surface area is 140 Å². The van der Waals surface area contributed by atoms with Crippen LogP contribution >= 0.6 is 0 Å². The van der Waals surface area contributed by atoms with Crippen molar-refractivity contribution in [1.29, 1.82) is 0 Å². The predicted molar refractivity (Wildman–Crippen MR) is 89.5 cm³/mol. The minimum Gasteiger partial charge on any atom is -0.493 e. The monoisotopic (exact) mass is 333 g/mol. The van der Waals surface area contributed by atoms with E-state index in [1.807, 2.05) is 13.8 Å². The lowest BCUT2D eigenvalue weighted by Crippen LogP contribution is -2.45. The van der Waals surface area contributed by atoms with Gasteiger partial charge in [0, 0.05) is 6.20 Å². The molecule has 0 aromatic carbocycles. The molecule has 24 heavy (non-hydrogen) atoms. The second kappa shape index (κ2) is 7.33. The number of carboxylic acids is 1. The van der Waals surface area contributed by atoms with Crippen LogP contribution in [-0.2, 0) is 11.2 Å². The highest BCUT2D eigenvalue weighted by Crippen LogP contribution is 2.22. The maximum Gasteiger partial charge on any atom is 0.326 e. The zero-order valence-electron chi connectivity index (χ0n) is 14.4. The van der Waals surface area contributed by atoms with Gasteiger partial charge in [0.1, 0.15) is 11.7 Å². The van der Waals surface area contributed by atoms with E-state index in [1.54, 1.807) is 36.8 Å². The smallest absolute Gasteiger partial charge is 0.326 e. The first kappa shape index (κ1) is 17.8. The number of imidazole rings is 1. The van der Waals surface area contributed by atoms with Gasteiger partial charge in [0.05, 0.1) is 12.8 Å². The molecule has 2 unspecified atom stereocenters. The Bertz CT molecular complexity index is 754. The number of aliphatic carboxylic acids is 1. The van der Waals surface area contributed by atoms with Crippen molar-refractivity contribution in [3.63, 3.8) is 0 Å². The van der Waals surface area contributed by atoms with Gasteiger partial charge < -0.3 is 15.2 Å². The average molecular weight is 333 g/mol. The van der Waals surface area contributed by atoms with Crippen molar-refractivity contribution in [2.45, 2.75) is 39.7 Å². The van der Waals surface area contributed by atoms with Crippen molar-refractivity contribution in [3.8, 4) is 5.75 Å².